The number of carbonyl (C=O) groups is 1. The van der Waals surface area contributed by atoms with Gasteiger partial charge in [-0.25, -0.2) is 4.39 Å². The van der Waals surface area contributed by atoms with Crippen LogP contribution < -0.4 is 9.47 Å². The molecule has 1 amide bonds. The zero-order valence-electron chi connectivity index (χ0n) is 12.7. The number of nitrogens with zero attached hydrogens (tertiary/aromatic N) is 1. The highest BCUT2D eigenvalue weighted by molar-refractivity contribution is 9.10. The number of ether oxygens (including phenoxy) is 2. The summed E-state index contributed by atoms with van der Waals surface area (Å²) in [5.41, 5.74) is 2.28. The summed E-state index contributed by atoms with van der Waals surface area (Å²) in [6, 6.07) is 8.41. The summed E-state index contributed by atoms with van der Waals surface area (Å²) in [5, 5.41) is 0. The molecular weight excluding hydrogens is 365 g/mol. The summed E-state index contributed by atoms with van der Waals surface area (Å²) in [6.07, 6.45) is 0. The monoisotopic (exact) mass is 379 g/mol. The van der Waals surface area contributed by atoms with Gasteiger partial charge in [-0.05, 0) is 45.3 Å². The number of fused-ring (bicyclic) bond motifs is 1. The molecule has 1 aliphatic heterocycles. The maximum atomic E-state index is 13.3. The van der Waals surface area contributed by atoms with Gasteiger partial charge in [0.05, 0.1) is 24.3 Å². The van der Waals surface area contributed by atoms with Gasteiger partial charge in [-0.3, -0.25) is 4.79 Å². The second-order valence-electron chi connectivity index (χ2n) is 5.24. The fraction of sp³-hybridized carbons (Fsp3) is 0.235. The third-order valence-electron chi connectivity index (χ3n) is 3.85. The Kier molecular flexibility index (Phi) is 4.26. The average Bonchev–Trinajstić information content (AvgIpc) is 2.86. The first-order chi connectivity index (χ1) is 11.0. The highest BCUT2D eigenvalue weighted by Crippen LogP contribution is 2.38. The van der Waals surface area contributed by atoms with E-state index in [0.717, 1.165) is 11.1 Å². The van der Waals surface area contributed by atoms with Crippen LogP contribution in [0.15, 0.2) is 34.8 Å². The second-order valence-corrected chi connectivity index (χ2v) is 6.10. The van der Waals surface area contributed by atoms with Crippen molar-refractivity contribution in [1.29, 1.82) is 0 Å². The number of benzene rings is 2. The number of amides is 1. The van der Waals surface area contributed by atoms with Gasteiger partial charge < -0.3 is 14.4 Å². The minimum Gasteiger partial charge on any atom is -0.493 e. The summed E-state index contributed by atoms with van der Waals surface area (Å²) >= 11 is 3.17. The summed E-state index contributed by atoms with van der Waals surface area (Å²) in [6.45, 7) is 0.890. The van der Waals surface area contributed by atoms with Crippen LogP contribution in [0.4, 0.5) is 4.39 Å². The smallest absolute Gasteiger partial charge is 0.258 e. The molecule has 1 heterocycles. The topological polar surface area (TPSA) is 38.8 Å². The number of hydrogen-bond acceptors (Lipinski definition) is 3. The Labute approximate surface area is 141 Å². The fourth-order valence-corrected chi connectivity index (χ4v) is 3.18. The molecule has 0 fully saturated rings. The standard InChI is InChI=1S/C17H15BrFNO3/c1-22-14-6-4-11-9-20(17(21)15(11)16(14)23-2)8-10-3-5-13(19)12(18)7-10/h3-7H,8-9H2,1-2H3. The lowest BCUT2D eigenvalue weighted by Gasteiger charge is -2.16. The third kappa shape index (κ3) is 2.79. The fourth-order valence-electron chi connectivity index (χ4n) is 2.76. The van der Waals surface area contributed by atoms with E-state index in [0.29, 0.717) is 34.6 Å². The Morgan fingerprint density at radius 2 is 2.00 bits per heavy atom. The van der Waals surface area contributed by atoms with Crippen LogP contribution >= 0.6 is 15.9 Å². The predicted octanol–water partition coefficient (Wildman–Crippen LogP) is 3.76. The van der Waals surface area contributed by atoms with Crippen LogP contribution in [0.5, 0.6) is 11.5 Å². The van der Waals surface area contributed by atoms with Crippen molar-refractivity contribution in [3.05, 3.63) is 57.3 Å². The molecule has 0 saturated carbocycles. The molecule has 0 aliphatic carbocycles. The Balaban J connectivity index is 1.90. The van der Waals surface area contributed by atoms with Gasteiger partial charge in [-0.15, -0.1) is 0 Å². The number of rotatable bonds is 4. The summed E-state index contributed by atoms with van der Waals surface area (Å²) in [7, 11) is 3.06. The number of carbonyl (C=O) groups excluding carboxylic acids is 1. The quantitative estimate of drug-likeness (QED) is 0.811. The number of hydrogen-bond donors (Lipinski definition) is 0. The zero-order chi connectivity index (χ0) is 16.6. The van der Waals surface area contributed by atoms with Crippen LogP contribution in [-0.2, 0) is 13.1 Å². The first kappa shape index (κ1) is 15.8. The molecule has 3 rings (SSSR count). The van der Waals surface area contributed by atoms with Crippen LogP contribution in [0.1, 0.15) is 21.5 Å². The van der Waals surface area contributed by atoms with Crippen molar-refractivity contribution in [3.63, 3.8) is 0 Å². The van der Waals surface area contributed by atoms with Gasteiger partial charge in [0, 0.05) is 13.1 Å². The van der Waals surface area contributed by atoms with Crippen molar-refractivity contribution >= 4 is 21.8 Å². The summed E-state index contributed by atoms with van der Waals surface area (Å²) < 4.78 is 24.3. The largest absolute Gasteiger partial charge is 0.493 e. The van der Waals surface area contributed by atoms with Crippen molar-refractivity contribution in [3.8, 4) is 11.5 Å². The summed E-state index contributed by atoms with van der Waals surface area (Å²) in [5.74, 6) is 0.552. The van der Waals surface area contributed by atoms with Crippen molar-refractivity contribution in [2.75, 3.05) is 14.2 Å². The minimum absolute atomic E-state index is 0.115. The van der Waals surface area contributed by atoms with Crippen LogP contribution in [-0.4, -0.2) is 25.0 Å². The van der Waals surface area contributed by atoms with E-state index in [1.807, 2.05) is 6.07 Å². The predicted molar refractivity (Wildman–Crippen MR) is 87.2 cm³/mol. The molecule has 0 bridgehead atoms. The van der Waals surface area contributed by atoms with Crippen molar-refractivity contribution in [2.45, 2.75) is 13.1 Å². The Bertz CT molecular complexity index is 779. The van der Waals surface area contributed by atoms with E-state index in [1.54, 1.807) is 23.1 Å². The SMILES string of the molecule is COc1ccc2c(c1OC)C(=O)N(Cc1ccc(F)c(Br)c1)C2. The Hall–Kier alpha value is -2.08. The number of halogens is 2. The second kappa shape index (κ2) is 6.20. The van der Waals surface area contributed by atoms with Crippen molar-refractivity contribution in [2.24, 2.45) is 0 Å². The van der Waals surface area contributed by atoms with Crippen LogP contribution in [0, 0.1) is 5.82 Å². The first-order valence-electron chi connectivity index (χ1n) is 7.02. The van der Waals surface area contributed by atoms with Gasteiger partial charge in [0.1, 0.15) is 5.82 Å². The van der Waals surface area contributed by atoms with E-state index in [2.05, 4.69) is 15.9 Å². The van der Waals surface area contributed by atoms with E-state index in [1.165, 1.54) is 20.3 Å². The van der Waals surface area contributed by atoms with E-state index in [-0.39, 0.29) is 11.7 Å². The zero-order valence-corrected chi connectivity index (χ0v) is 14.3. The lowest BCUT2D eigenvalue weighted by atomic mass is 10.1. The van der Waals surface area contributed by atoms with Crippen LogP contribution in [0.25, 0.3) is 0 Å². The van der Waals surface area contributed by atoms with E-state index in [9.17, 15) is 9.18 Å². The molecule has 0 radical (unpaired) electrons. The normalized spacial score (nSPS) is 13.2. The Morgan fingerprint density at radius 1 is 1.22 bits per heavy atom. The van der Waals surface area contributed by atoms with Gasteiger partial charge in [-0.2, -0.15) is 0 Å². The molecule has 0 unspecified atom stereocenters. The van der Waals surface area contributed by atoms with Crippen molar-refractivity contribution < 1.29 is 18.7 Å². The molecular formula is C17H15BrFNO3. The molecule has 2 aromatic carbocycles. The molecule has 4 nitrogen and oxygen atoms in total. The van der Waals surface area contributed by atoms with Gasteiger partial charge in [-0.1, -0.05) is 12.1 Å². The van der Waals surface area contributed by atoms with Gasteiger partial charge in [0.15, 0.2) is 11.5 Å². The molecule has 23 heavy (non-hydrogen) atoms. The van der Waals surface area contributed by atoms with Crippen molar-refractivity contribution in [1.82, 2.24) is 4.90 Å². The van der Waals surface area contributed by atoms with E-state index >= 15 is 0 Å². The molecule has 120 valence electrons. The number of methoxy groups -OCH3 is 2. The first-order valence-corrected chi connectivity index (χ1v) is 7.81. The molecule has 0 N–H and O–H groups in total. The minimum atomic E-state index is -0.323. The molecule has 0 atom stereocenters. The van der Waals surface area contributed by atoms with E-state index < -0.39 is 0 Å². The molecule has 2 aromatic rings. The van der Waals surface area contributed by atoms with Crippen LogP contribution in [0.3, 0.4) is 0 Å². The highest BCUT2D eigenvalue weighted by atomic mass is 79.9. The van der Waals surface area contributed by atoms with E-state index in [4.69, 9.17) is 9.47 Å². The van der Waals surface area contributed by atoms with Gasteiger partial charge in [0.2, 0.25) is 0 Å². The average molecular weight is 380 g/mol. The molecule has 0 spiro atoms. The van der Waals surface area contributed by atoms with Crippen LogP contribution in [0.2, 0.25) is 0 Å². The van der Waals surface area contributed by atoms with Gasteiger partial charge >= 0.3 is 0 Å². The molecule has 0 aromatic heterocycles. The third-order valence-corrected chi connectivity index (χ3v) is 4.46. The maximum absolute atomic E-state index is 13.3. The summed E-state index contributed by atoms with van der Waals surface area (Å²) in [4.78, 5) is 14.4. The Morgan fingerprint density at radius 3 is 2.65 bits per heavy atom. The molecule has 0 saturated heterocycles. The lowest BCUT2D eigenvalue weighted by Crippen LogP contribution is -2.23. The van der Waals surface area contributed by atoms with Gasteiger partial charge in [0.25, 0.3) is 5.91 Å². The molecule has 1 aliphatic rings. The maximum Gasteiger partial charge on any atom is 0.258 e. The highest BCUT2D eigenvalue weighted by Gasteiger charge is 2.32. The lowest BCUT2D eigenvalue weighted by molar-refractivity contribution is 0.0764. The molecule has 6 heteroatoms.